The highest BCUT2D eigenvalue weighted by atomic mass is 79.9. The molecule has 0 saturated carbocycles. The molecular formula is C74H112Br2N4O2S4. The molecule has 6 nitrogen and oxygen atoms in total. The van der Waals surface area contributed by atoms with Gasteiger partial charge in [-0.15, -0.1) is 22.7 Å². The van der Waals surface area contributed by atoms with Gasteiger partial charge in [0.25, 0.3) is 0 Å². The molecule has 0 saturated heterocycles. The average Bonchev–Trinajstić information content (AvgIpc) is 1.24. The van der Waals surface area contributed by atoms with E-state index in [1.54, 1.807) is 0 Å². The fourth-order valence-corrected chi connectivity index (χ4v) is 17.9. The van der Waals surface area contributed by atoms with Crippen molar-refractivity contribution in [1.29, 1.82) is 0 Å². The average molecular weight is 1380 g/mol. The molecule has 0 aliphatic carbocycles. The summed E-state index contributed by atoms with van der Waals surface area (Å²) in [6.45, 7) is 15.1. The molecule has 0 radical (unpaired) electrons. The number of unbranched alkanes of at least 4 members (excludes halogenated alkanes) is 30. The maximum atomic E-state index is 7.28. The maximum Gasteiger partial charge on any atom is 0.137 e. The van der Waals surface area contributed by atoms with E-state index in [2.05, 4.69) is 97.7 Å². The smallest absolute Gasteiger partial charge is 0.137 e. The van der Waals surface area contributed by atoms with Crippen molar-refractivity contribution in [2.45, 2.75) is 311 Å². The van der Waals surface area contributed by atoms with Gasteiger partial charge in [-0.3, -0.25) is 0 Å². The molecule has 4 heterocycles. The van der Waals surface area contributed by atoms with Gasteiger partial charge in [-0.25, -0.2) is 0 Å². The van der Waals surface area contributed by atoms with E-state index in [0.717, 1.165) is 105 Å². The number of fused-ring (bicyclic) bond motifs is 6. The van der Waals surface area contributed by atoms with Gasteiger partial charge in [-0.05, 0) is 105 Å². The lowest BCUT2D eigenvalue weighted by atomic mass is 9.89. The molecule has 7 rings (SSSR count). The number of hydrogen-bond donors (Lipinski definition) is 0. The van der Waals surface area contributed by atoms with Gasteiger partial charge in [0.15, 0.2) is 0 Å². The summed E-state index contributed by atoms with van der Waals surface area (Å²) in [7, 11) is 0. The summed E-state index contributed by atoms with van der Waals surface area (Å²) in [5, 5.41) is 4.07. The van der Waals surface area contributed by atoms with Crippen molar-refractivity contribution in [3.63, 3.8) is 0 Å². The fourth-order valence-electron chi connectivity index (χ4n) is 13.3. The minimum absolute atomic E-state index is 0.624. The van der Waals surface area contributed by atoms with E-state index in [1.807, 2.05) is 22.7 Å². The Labute approximate surface area is 555 Å². The van der Waals surface area contributed by atoms with E-state index in [1.165, 1.54) is 283 Å². The molecule has 12 heteroatoms. The first-order chi connectivity index (χ1) is 42.3. The Hall–Kier alpha value is -2.22. The molecule has 2 unspecified atom stereocenters. The summed E-state index contributed by atoms with van der Waals surface area (Å²) < 4.78 is 37.9. The zero-order chi connectivity index (χ0) is 60.6. The summed E-state index contributed by atoms with van der Waals surface area (Å²) in [6.07, 6.45) is 54.6. The minimum Gasteiger partial charge on any atom is -0.492 e. The second-order valence-corrected chi connectivity index (χ2v) is 31.5. The SMILES string of the molecule is CCCCCCCCCCC(CCCCCCCC)Cc1cc(-c2cc3c(OCCCCCC)c4c(cc(-c5cc(CC(CCCCCCCC)CCCCCCCCCC)c(Br)s5)c5nsnc54)c(OCCCCCC)c3c3nsnc23)sc1Br. The Bertz CT molecular complexity index is 2780. The van der Waals surface area contributed by atoms with Crippen molar-refractivity contribution < 1.29 is 9.47 Å². The third kappa shape index (κ3) is 22.0. The van der Waals surface area contributed by atoms with Crippen LogP contribution in [0.15, 0.2) is 31.8 Å². The highest BCUT2D eigenvalue weighted by Gasteiger charge is 2.29. The van der Waals surface area contributed by atoms with Crippen molar-refractivity contribution in [1.82, 2.24) is 17.5 Å². The molecule has 0 N–H and O–H groups in total. The summed E-state index contributed by atoms with van der Waals surface area (Å²) in [5.74, 6) is 3.12. The van der Waals surface area contributed by atoms with Crippen molar-refractivity contribution >= 4 is 122 Å². The summed E-state index contributed by atoms with van der Waals surface area (Å²) in [5.41, 5.74) is 8.80. The van der Waals surface area contributed by atoms with E-state index >= 15 is 0 Å². The van der Waals surface area contributed by atoms with Crippen LogP contribution in [0.3, 0.4) is 0 Å². The second-order valence-electron chi connectivity index (χ2n) is 25.7. The number of hydrogen-bond acceptors (Lipinski definition) is 10. The number of benzene rings is 3. The summed E-state index contributed by atoms with van der Waals surface area (Å²) >= 11 is 14.7. The van der Waals surface area contributed by atoms with Crippen LogP contribution in [0.5, 0.6) is 11.5 Å². The largest absolute Gasteiger partial charge is 0.492 e. The van der Waals surface area contributed by atoms with Crippen LogP contribution >= 0.6 is 78.0 Å². The molecule has 0 amide bonds. The van der Waals surface area contributed by atoms with Crippen molar-refractivity contribution in [3.05, 3.63) is 43.0 Å². The minimum atomic E-state index is 0.624. The highest BCUT2D eigenvalue weighted by molar-refractivity contribution is 9.11. The predicted molar refractivity (Wildman–Crippen MR) is 390 cm³/mol. The zero-order valence-corrected chi connectivity index (χ0v) is 61.0. The Morgan fingerprint density at radius 3 is 0.942 bits per heavy atom. The molecule has 0 aliphatic rings. The molecule has 0 bridgehead atoms. The molecular weight excluding hydrogens is 1260 g/mol. The third-order valence-corrected chi connectivity index (χ3v) is 23.5. The first-order valence-corrected chi connectivity index (χ1v) is 40.2. The summed E-state index contributed by atoms with van der Waals surface area (Å²) in [4.78, 5) is 2.46. The van der Waals surface area contributed by atoms with Crippen LogP contribution in [0.4, 0.5) is 0 Å². The van der Waals surface area contributed by atoms with Crippen LogP contribution in [0.2, 0.25) is 0 Å². The third-order valence-electron chi connectivity index (χ3n) is 18.4. The van der Waals surface area contributed by atoms with Crippen molar-refractivity contribution in [2.75, 3.05) is 13.2 Å². The highest BCUT2D eigenvalue weighted by Crippen LogP contribution is 2.53. The molecule has 7 aromatic rings. The van der Waals surface area contributed by atoms with Gasteiger partial charge in [0.1, 0.15) is 33.6 Å². The normalized spacial score (nSPS) is 12.7. The fraction of sp³-hybridized carbons (Fsp3) is 0.703. The first-order valence-electron chi connectivity index (χ1n) is 35.5. The van der Waals surface area contributed by atoms with Gasteiger partial charge in [0, 0.05) is 31.7 Å². The van der Waals surface area contributed by atoms with Crippen LogP contribution in [-0.4, -0.2) is 30.7 Å². The quantitative estimate of drug-likeness (QED) is 0.0280. The number of halogens is 2. The number of thiophene rings is 2. The standard InChI is InChI=1S/C74H112Br2N4O2S4/c1-7-13-19-25-29-31-35-39-45-55(43-37-33-27-21-15-9-3)49-57-51-63(83-73(57)75)59-53-61-65(69-67(59)77-85-79-69)72(82-48-42-24-18-12-6)62-54-60(68-70(80-86-78-68)66(62)71(61)81-47-41-23-17-11-5)64-52-58(74(76)84-64)50-56(44-38-34-28-22-16-10-4)46-40-36-32-30-26-20-14-8-2/h51-56H,7-50H2,1-6H3. The van der Waals surface area contributed by atoms with Gasteiger partial charge in [0.2, 0.25) is 0 Å². The molecule has 0 fully saturated rings. The summed E-state index contributed by atoms with van der Waals surface area (Å²) in [6, 6.07) is 9.75. The van der Waals surface area contributed by atoms with Gasteiger partial charge in [0.05, 0.1) is 55.0 Å². The zero-order valence-electron chi connectivity index (χ0n) is 54.6. The number of nitrogens with zero attached hydrogens (tertiary/aromatic N) is 4. The maximum absolute atomic E-state index is 7.28. The Morgan fingerprint density at radius 2 is 0.628 bits per heavy atom. The Morgan fingerprint density at radius 1 is 0.349 bits per heavy atom. The van der Waals surface area contributed by atoms with E-state index in [9.17, 15) is 0 Å². The number of ether oxygens (including phenoxy) is 2. The van der Waals surface area contributed by atoms with Crippen LogP contribution in [0, 0.1) is 11.8 Å². The van der Waals surface area contributed by atoms with Gasteiger partial charge in [-0.2, -0.15) is 17.5 Å². The lowest BCUT2D eigenvalue weighted by molar-refractivity contribution is 0.307. The lowest BCUT2D eigenvalue weighted by Crippen LogP contribution is -2.05. The Balaban J connectivity index is 1.28. The van der Waals surface area contributed by atoms with Crippen molar-refractivity contribution in [2.24, 2.45) is 11.8 Å². The molecule has 0 aliphatic heterocycles. The molecule has 2 atom stereocenters. The van der Waals surface area contributed by atoms with E-state index in [4.69, 9.17) is 27.0 Å². The number of rotatable bonds is 50. The van der Waals surface area contributed by atoms with Crippen LogP contribution in [0.25, 0.3) is 64.5 Å². The molecule has 0 spiro atoms. The van der Waals surface area contributed by atoms with E-state index in [-0.39, 0.29) is 0 Å². The van der Waals surface area contributed by atoms with Gasteiger partial charge >= 0.3 is 0 Å². The van der Waals surface area contributed by atoms with E-state index < -0.39 is 0 Å². The van der Waals surface area contributed by atoms with Crippen LogP contribution < -0.4 is 9.47 Å². The predicted octanol–water partition coefficient (Wildman–Crippen LogP) is 27.8. The topological polar surface area (TPSA) is 70.0 Å². The second kappa shape index (κ2) is 41.3. The molecule has 86 heavy (non-hydrogen) atoms. The van der Waals surface area contributed by atoms with E-state index in [0.29, 0.717) is 25.0 Å². The molecule has 3 aromatic carbocycles. The monoisotopic (exact) mass is 1370 g/mol. The molecule has 478 valence electrons. The van der Waals surface area contributed by atoms with Gasteiger partial charge < -0.3 is 9.47 Å². The lowest BCUT2D eigenvalue weighted by Gasteiger charge is -2.20. The first kappa shape index (κ1) is 71.2. The Kier molecular flexibility index (Phi) is 34.2. The molecule has 4 aromatic heterocycles. The van der Waals surface area contributed by atoms with Gasteiger partial charge in [-0.1, -0.05) is 286 Å². The van der Waals surface area contributed by atoms with Crippen LogP contribution in [0.1, 0.15) is 310 Å². The number of aromatic nitrogens is 4. The van der Waals surface area contributed by atoms with Crippen LogP contribution in [-0.2, 0) is 12.8 Å². The van der Waals surface area contributed by atoms with Crippen molar-refractivity contribution in [3.8, 4) is 32.4 Å².